The van der Waals surface area contributed by atoms with Gasteiger partial charge in [-0.15, -0.1) is 0 Å². The van der Waals surface area contributed by atoms with Crippen LogP contribution >= 0.6 is 0 Å². The van der Waals surface area contributed by atoms with Gasteiger partial charge in [0.25, 0.3) is 0 Å². The van der Waals surface area contributed by atoms with Crippen LogP contribution in [0.15, 0.2) is 90.0 Å². The summed E-state index contributed by atoms with van der Waals surface area (Å²) in [6, 6.07) is 24.9. The first kappa shape index (κ1) is 27.4. The standard InChI is InChI=1S/C30H30N6O5/c1-34(30(38)39)23-15-24(17-25(16-23)41-14-13-40-2)36-28-26(33-29(36)37)27(31-20-32-28)35(18-21-9-5-3-6-10-21)19-22-11-7-4-8-12-22/h3-12,15-17,20H,13-14,18-19H2,1-2H3,(H,33,37)(H,38,39). The van der Waals surface area contributed by atoms with Crippen LogP contribution < -0.4 is 20.2 Å². The average molecular weight is 555 g/mol. The monoisotopic (exact) mass is 554 g/mol. The molecule has 2 aromatic heterocycles. The van der Waals surface area contributed by atoms with E-state index in [1.807, 2.05) is 60.7 Å². The molecule has 2 heterocycles. The molecular formula is C30H30N6O5. The number of amides is 1. The highest BCUT2D eigenvalue weighted by atomic mass is 16.5. The summed E-state index contributed by atoms with van der Waals surface area (Å²) in [6.07, 6.45) is 0.270. The molecule has 0 spiro atoms. The first-order valence-electron chi connectivity index (χ1n) is 13.0. The lowest BCUT2D eigenvalue weighted by molar-refractivity contribution is 0.146. The SMILES string of the molecule is COCCOc1cc(N(C)C(=O)O)cc(-n2c(=O)[nH]c3c(N(Cc4ccccc4)Cc4ccccc4)ncnc32)c1. The van der Waals surface area contributed by atoms with E-state index in [2.05, 4.69) is 19.9 Å². The predicted octanol–water partition coefficient (Wildman–Crippen LogP) is 4.46. The van der Waals surface area contributed by atoms with E-state index in [1.54, 1.807) is 25.3 Å². The number of nitrogens with one attached hydrogen (secondary N) is 1. The fourth-order valence-corrected chi connectivity index (χ4v) is 4.53. The van der Waals surface area contributed by atoms with Gasteiger partial charge in [0.05, 0.1) is 18.0 Å². The Bertz CT molecular complexity index is 1650. The van der Waals surface area contributed by atoms with E-state index < -0.39 is 11.8 Å². The molecule has 0 aliphatic heterocycles. The van der Waals surface area contributed by atoms with Crippen LogP contribution in [0.5, 0.6) is 5.75 Å². The van der Waals surface area contributed by atoms with Crippen LogP contribution in [-0.2, 0) is 17.8 Å². The Labute approximate surface area is 236 Å². The van der Waals surface area contributed by atoms with Gasteiger partial charge in [0, 0.05) is 39.4 Å². The van der Waals surface area contributed by atoms with E-state index in [9.17, 15) is 14.7 Å². The van der Waals surface area contributed by atoms with Gasteiger partial charge in [0.1, 0.15) is 24.2 Å². The highest BCUT2D eigenvalue weighted by Gasteiger charge is 2.21. The van der Waals surface area contributed by atoms with Crippen LogP contribution in [0.4, 0.5) is 16.3 Å². The number of methoxy groups -OCH3 is 1. The number of rotatable bonds is 11. The molecule has 1 amide bonds. The Morgan fingerprint density at radius 2 is 1.61 bits per heavy atom. The molecule has 2 N–H and O–H groups in total. The van der Waals surface area contributed by atoms with Gasteiger partial charge in [0.2, 0.25) is 0 Å². The number of benzene rings is 3. The smallest absolute Gasteiger partial charge is 0.411 e. The lowest BCUT2D eigenvalue weighted by Gasteiger charge is -2.24. The molecule has 0 unspecified atom stereocenters. The molecule has 5 rings (SSSR count). The summed E-state index contributed by atoms with van der Waals surface area (Å²) in [6.45, 7) is 1.69. The van der Waals surface area contributed by atoms with Gasteiger partial charge in [-0.1, -0.05) is 60.7 Å². The molecule has 0 fully saturated rings. The predicted molar refractivity (Wildman–Crippen MR) is 156 cm³/mol. The molecule has 11 heteroatoms. The Morgan fingerprint density at radius 3 is 2.22 bits per heavy atom. The number of hydrogen-bond donors (Lipinski definition) is 2. The van der Waals surface area contributed by atoms with Crippen molar-refractivity contribution in [2.24, 2.45) is 0 Å². The fraction of sp³-hybridized carbons (Fsp3) is 0.200. The van der Waals surface area contributed by atoms with Gasteiger partial charge < -0.3 is 24.5 Å². The molecule has 0 bridgehead atoms. The molecule has 0 aliphatic rings. The summed E-state index contributed by atoms with van der Waals surface area (Å²) >= 11 is 0. The summed E-state index contributed by atoms with van der Waals surface area (Å²) in [5, 5.41) is 9.59. The first-order valence-corrected chi connectivity index (χ1v) is 13.0. The Morgan fingerprint density at radius 1 is 0.951 bits per heavy atom. The molecule has 0 aliphatic carbocycles. The number of aromatic amines is 1. The Balaban J connectivity index is 1.62. The van der Waals surface area contributed by atoms with Crippen molar-refractivity contribution in [2.45, 2.75) is 13.1 Å². The maximum atomic E-state index is 13.4. The molecule has 41 heavy (non-hydrogen) atoms. The zero-order valence-corrected chi connectivity index (χ0v) is 22.7. The van der Waals surface area contributed by atoms with Crippen LogP contribution in [0.2, 0.25) is 0 Å². The Hall–Kier alpha value is -5.16. The molecule has 5 aromatic rings. The minimum absolute atomic E-state index is 0.249. The van der Waals surface area contributed by atoms with E-state index >= 15 is 0 Å². The zero-order valence-electron chi connectivity index (χ0n) is 22.7. The molecule has 0 saturated heterocycles. The van der Waals surface area contributed by atoms with Crippen LogP contribution in [0.1, 0.15) is 11.1 Å². The number of ether oxygens (including phenoxy) is 2. The molecular weight excluding hydrogens is 524 g/mol. The van der Waals surface area contributed by atoms with E-state index in [-0.39, 0.29) is 6.61 Å². The van der Waals surface area contributed by atoms with Crippen LogP contribution in [-0.4, -0.2) is 58.1 Å². The number of carbonyl (C=O) groups is 1. The molecule has 210 valence electrons. The quantitative estimate of drug-likeness (QED) is 0.229. The zero-order chi connectivity index (χ0) is 28.8. The lowest BCUT2D eigenvalue weighted by atomic mass is 10.1. The number of imidazole rings is 1. The second-order valence-corrected chi connectivity index (χ2v) is 9.36. The second kappa shape index (κ2) is 12.3. The number of H-pyrrole nitrogens is 1. The summed E-state index contributed by atoms with van der Waals surface area (Å²) in [4.78, 5) is 40.3. The van der Waals surface area contributed by atoms with Gasteiger partial charge in [-0.2, -0.15) is 0 Å². The fourth-order valence-electron chi connectivity index (χ4n) is 4.53. The van der Waals surface area contributed by atoms with Crippen LogP contribution in [0.25, 0.3) is 16.9 Å². The maximum Gasteiger partial charge on any atom is 0.411 e. The number of hydrogen-bond acceptors (Lipinski definition) is 7. The summed E-state index contributed by atoms with van der Waals surface area (Å²) in [5.74, 6) is 0.946. The van der Waals surface area contributed by atoms with Crippen molar-refractivity contribution in [1.29, 1.82) is 0 Å². The van der Waals surface area contributed by atoms with Crippen LogP contribution in [0, 0.1) is 0 Å². The van der Waals surface area contributed by atoms with Crippen molar-refractivity contribution in [3.63, 3.8) is 0 Å². The van der Waals surface area contributed by atoms with Gasteiger partial charge in [-0.25, -0.2) is 24.1 Å². The van der Waals surface area contributed by atoms with Gasteiger partial charge in [-0.05, 0) is 17.2 Å². The molecule has 0 radical (unpaired) electrons. The third-order valence-corrected chi connectivity index (χ3v) is 6.55. The lowest BCUT2D eigenvalue weighted by Crippen LogP contribution is -2.24. The van der Waals surface area contributed by atoms with E-state index in [4.69, 9.17) is 9.47 Å². The number of fused-ring (bicyclic) bond motifs is 1. The molecule has 0 atom stereocenters. The summed E-state index contributed by atoms with van der Waals surface area (Å²) in [7, 11) is 2.98. The third kappa shape index (κ3) is 6.20. The number of anilines is 2. The van der Waals surface area contributed by atoms with Crippen molar-refractivity contribution >= 4 is 28.8 Å². The van der Waals surface area contributed by atoms with Gasteiger partial charge in [-0.3, -0.25) is 4.90 Å². The summed E-state index contributed by atoms with van der Waals surface area (Å²) in [5.41, 5.74) is 3.25. The maximum absolute atomic E-state index is 13.4. The normalized spacial score (nSPS) is 11.0. The Kier molecular flexibility index (Phi) is 8.26. The molecule has 3 aromatic carbocycles. The topological polar surface area (TPSA) is 126 Å². The van der Waals surface area contributed by atoms with Gasteiger partial charge in [0.15, 0.2) is 11.5 Å². The van der Waals surface area contributed by atoms with Crippen molar-refractivity contribution in [2.75, 3.05) is 37.2 Å². The van der Waals surface area contributed by atoms with Gasteiger partial charge >= 0.3 is 11.8 Å². The van der Waals surface area contributed by atoms with Crippen molar-refractivity contribution in [3.05, 3.63) is 107 Å². The second-order valence-electron chi connectivity index (χ2n) is 9.36. The van der Waals surface area contributed by atoms with E-state index in [1.165, 1.54) is 17.9 Å². The summed E-state index contributed by atoms with van der Waals surface area (Å²) < 4.78 is 12.3. The van der Waals surface area contributed by atoms with Crippen molar-refractivity contribution in [3.8, 4) is 11.4 Å². The molecule has 0 saturated carbocycles. The minimum Gasteiger partial charge on any atom is -0.491 e. The number of nitrogens with zero attached hydrogens (tertiary/aromatic N) is 5. The van der Waals surface area contributed by atoms with E-state index in [0.717, 1.165) is 16.0 Å². The number of aromatic nitrogens is 4. The van der Waals surface area contributed by atoms with Crippen molar-refractivity contribution < 1.29 is 19.4 Å². The minimum atomic E-state index is -1.15. The highest BCUT2D eigenvalue weighted by Crippen LogP contribution is 2.29. The largest absolute Gasteiger partial charge is 0.491 e. The third-order valence-electron chi connectivity index (χ3n) is 6.55. The molecule has 11 nitrogen and oxygen atoms in total. The highest BCUT2D eigenvalue weighted by molar-refractivity contribution is 5.87. The number of carboxylic acid groups (broad SMARTS) is 1. The van der Waals surface area contributed by atoms with Crippen molar-refractivity contribution in [1.82, 2.24) is 19.5 Å². The van der Waals surface area contributed by atoms with E-state index in [0.29, 0.717) is 53.8 Å². The van der Waals surface area contributed by atoms with Crippen LogP contribution in [0.3, 0.4) is 0 Å². The average Bonchev–Trinajstić information content (AvgIpc) is 3.33. The first-order chi connectivity index (χ1) is 19.9.